The maximum Gasteiger partial charge on any atom is 0.155 e. The minimum Gasteiger partial charge on any atom is -0.508 e. The zero-order valence-electron chi connectivity index (χ0n) is 14.6. The van der Waals surface area contributed by atoms with E-state index < -0.39 is 46.8 Å². The summed E-state index contributed by atoms with van der Waals surface area (Å²) in [5.41, 5.74) is -1.32. The summed E-state index contributed by atoms with van der Waals surface area (Å²) in [4.78, 5) is 20.2. The number of halogens is 7. The van der Waals surface area contributed by atoms with Crippen LogP contribution in [0.25, 0.3) is 0 Å². The van der Waals surface area contributed by atoms with Crippen molar-refractivity contribution in [3.63, 3.8) is 0 Å². The molecule has 0 saturated heterocycles. The number of alkyl halides is 3. The first-order valence-corrected chi connectivity index (χ1v) is 8.75. The molecule has 0 aliphatic carbocycles. The Kier molecular flexibility index (Phi) is 16.1. The van der Waals surface area contributed by atoms with Gasteiger partial charge in [0.05, 0.1) is 17.8 Å². The van der Waals surface area contributed by atoms with Gasteiger partial charge in [0.1, 0.15) is 48.0 Å². The van der Waals surface area contributed by atoms with Gasteiger partial charge in [0.15, 0.2) is 12.6 Å². The Morgan fingerprint density at radius 3 is 1.50 bits per heavy atom. The molecular weight excluding hydrogens is 486 g/mol. The maximum atomic E-state index is 12.9. The molecule has 2 aromatic rings. The number of aromatic hydroxyl groups is 1. The number of phenolic OH excluding ortho intramolecular Hbond substituents is 1. The van der Waals surface area contributed by atoms with E-state index in [1.165, 1.54) is 0 Å². The predicted octanol–water partition coefficient (Wildman–Crippen LogP) is 5.60. The second-order valence-electron chi connectivity index (χ2n) is 4.77. The monoisotopic (exact) mass is 504 g/mol. The average molecular weight is 505 g/mol. The second-order valence-corrected chi connectivity index (χ2v) is 5.57. The molecule has 0 heterocycles. The normalized spacial score (nSPS) is 9.17. The molecule has 0 amide bonds. The van der Waals surface area contributed by atoms with Crippen molar-refractivity contribution in [2.45, 2.75) is 7.43 Å². The van der Waals surface area contributed by atoms with Gasteiger partial charge in [-0.25, -0.2) is 22.0 Å². The molecule has 0 aliphatic rings. The molecule has 0 atom stereocenters. The zero-order valence-corrected chi connectivity index (χ0v) is 16.2. The minimum atomic E-state index is -1.06. The van der Waals surface area contributed by atoms with Crippen LogP contribution in [0, 0.1) is 23.3 Å². The Morgan fingerprint density at radius 1 is 0.833 bits per heavy atom. The fourth-order valence-electron chi connectivity index (χ4n) is 1.60. The van der Waals surface area contributed by atoms with Crippen molar-refractivity contribution in [2.24, 2.45) is 0 Å². The molecule has 11 heteroatoms. The fraction of sp³-hybridized carbons (Fsp3) is 0.263. The number of ether oxygens (including phenoxy) is 1. The van der Waals surface area contributed by atoms with Gasteiger partial charge in [0, 0.05) is 29.6 Å². The Labute approximate surface area is 177 Å². The fourth-order valence-corrected chi connectivity index (χ4v) is 1.60. The van der Waals surface area contributed by atoms with Crippen molar-refractivity contribution < 1.29 is 45.8 Å². The minimum absolute atomic E-state index is 0. The molecule has 0 unspecified atom stereocenters. The number of aldehydes is 2. The second kappa shape index (κ2) is 16.3. The van der Waals surface area contributed by atoms with E-state index in [0.717, 1.165) is 12.1 Å². The molecule has 0 aromatic heterocycles. The molecule has 2 aromatic carbocycles. The summed E-state index contributed by atoms with van der Waals surface area (Å²) < 4.78 is 77.7. The highest BCUT2D eigenvalue weighted by atomic mass is 79.9. The van der Waals surface area contributed by atoms with Gasteiger partial charge in [-0.15, -0.1) is 0 Å². The number of carbonyl (C=O) groups is 2. The molecule has 4 nitrogen and oxygen atoms in total. The van der Waals surface area contributed by atoms with E-state index in [1.54, 1.807) is 0 Å². The molecule has 0 spiro atoms. The lowest BCUT2D eigenvalue weighted by molar-refractivity contribution is 0.110. The van der Waals surface area contributed by atoms with E-state index >= 15 is 0 Å². The van der Waals surface area contributed by atoms with E-state index in [1.807, 2.05) is 0 Å². The van der Waals surface area contributed by atoms with Crippen molar-refractivity contribution in [3.8, 4) is 11.5 Å². The third-order valence-corrected chi connectivity index (χ3v) is 3.07. The highest BCUT2D eigenvalue weighted by Gasteiger charge is 2.11. The van der Waals surface area contributed by atoms with Crippen LogP contribution < -0.4 is 4.74 Å². The van der Waals surface area contributed by atoms with Crippen LogP contribution in [0.2, 0.25) is 0 Å². The summed E-state index contributed by atoms with van der Waals surface area (Å²) in [5, 5.41) is 9.08. The van der Waals surface area contributed by atoms with E-state index in [-0.39, 0.29) is 39.0 Å². The van der Waals surface area contributed by atoms with E-state index in [0.29, 0.717) is 17.5 Å². The van der Waals surface area contributed by atoms with Crippen LogP contribution >= 0.6 is 15.9 Å². The largest absolute Gasteiger partial charge is 0.508 e. The lowest BCUT2D eigenvalue weighted by Crippen LogP contribution is -2.01. The van der Waals surface area contributed by atoms with Crippen LogP contribution in [0.1, 0.15) is 28.1 Å². The summed E-state index contributed by atoms with van der Waals surface area (Å²) >= 11 is 2.87. The van der Waals surface area contributed by atoms with Gasteiger partial charge in [-0.3, -0.25) is 14.0 Å². The van der Waals surface area contributed by atoms with Crippen molar-refractivity contribution in [1.29, 1.82) is 0 Å². The van der Waals surface area contributed by atoms with Gasteiger partial charge < -0.3 is 9.84 Å². The summed E-state index contributed by atoms with van der Waals surface area (Å²) in [7, 11) is 0. The third-order valence-electron chi connectivity index (χ3n) is 2.77. The van der Waals surface area contributed by atoms with Gasteiger partial charge in [0.25, 0.3) is 0 Å². The van der Waals surface area contributed by atoms with Crippen LogP contribution in [0.4, 0.5) is 26.3 Å². The highest BCUT2D eigenvalue weighted by molar-refractivity contribution is 9.09. The first-order valence-electron chi connectivity index (χ1n) is 7.63. The van der Waals surface area contributed by atoms with Gasteiger partial charge in [-0.05, 0) is 0 Å². The summed E-state index contributed by atoms with van der Waals surface area (Å²) in [6.07, 6.45) is 0.133. The topological polar surface area (TPSA) is 63.6 Å². The maximum absolute atomic E-state index is 12.9. The standard InChI is InChI=1S/C9H7F3O2.C7H4F2O2.C2H4BrF.CH4/c10-1-2-14-6-3-8(11)7(5-13)9(12)4-6;8-6-1-4(11)2-7(9)5(6)3-10;3-1-2-4;/h3-5H,1-2H2;1-3,11H;1-2H2;1H4. The lowest BCUT2D eigenvalue weighted by atomic mass is 10.2. The molecule has 0 radical (unpaired) electrons. The summed E-state index contributed by atoms with van der Waals surface area (Å²) in [5.74, 6) is -4.83. The van der Waals surface area contributed by atoms with Gasteiger partial charge in [0.2, 0.25) is 0 Å². The molecule has 30 heavy (non-hydrogen) atoms. The molecule has 0 aliphatic heterocycles. The van der Waals surface area contributed by atoms with Crippen molar-refractivity contribution in [1.82, 2.24) is 0 Å². The van der Waals surface area contributed by atoms with E-state index in [9.17, 15) is 35.9 Å². The molecule has 0 saturated carbocycles. The Hall–Kier alpha value is -2.56. The molecule has 168 valence electrons. The van der Waals surface area contributed by atoms with Crippen molar-refractivity contribution in [2.75, 3.05) is 25.3 Å². The van der Waals surface area contributed by atoms with Gasteiger partial charge in [-0.1, -0.05) is 23.4 Å². The van der Waals surface area contributed by atoms with E-state index in [4.69, 9.17) is 5.11 Å². The lowest BCUT2D eigenvalue weighted by Gasteiger charge is -2.05. The van der Waals surface area contributed by atoms with Crippen LogP contribution in [0.5, 0.6) is 11.5 Å². The SMILES string of the molecule is C.FCCBr.O=Cc1c(F)cc(O)cc1F.O=Cc1c(F)cc(OCCF)cc1F. The van der Waals surface area contributed by atoms with Gasteiger partial charge in [-0.2, -0.15) is 0 Å². The van der Waals surface area contributed by atoms with E-state index in [2.05, 4.69) is 20.7 Å². The average Bonchev–Trinajstić information content (AvgIpc) is 2.66. The Balaban J connectivity index is 0. The highest BCUT2D eigenvalue weighted by Crippen LogP contribution is 2.19. The van der Waals surface area contributed by atoms with Crippen LogP contribution in [-0.2, 0) is 0 Å². The number of benzene rings is 2. The van der Waals surface area contributed by atoms with Gasteiger partial charge >= 0.3 is 0 Å². The Morgan fingerprint density at radius 2 is 1.20 bits per heavy atom. The zero-order chi connectivity index (χ0) is 22.4. The quantitative estimate of drug-likeness (QED) is 0.316. The predicted molar refractivity (Wildman–Crippen MR) is 103 cm³/mol. The number of hydrogen-bond acceptors (Lipinski definition) is 4. The van der Waals surface area contributed by atoms with Crippen molar-refractivity contribution in [3.05, 3.63) is 58.7 Å². The molecule has 0 bridgehead atoms. The number of phenols is 1. The Bertz CT molecular complexity index is 757. The summed E-state index contributed by atoms with van der Waals surface area (Å²) in [6, 6.07) is 3.02. The number of hydrogen-bond donors (Lipinski definition) is 1. The first kappa shape index (κ1) is 29.6. The molecule has 2 rings (SSSR count). The molecule has 1 N–H and O–H groups in total. The third kappa shape index (κ3) is 10.3. The number of carbonyl (C=O) groups excluding carboxylic acids is 2. The van der Waals surface area contributed by atoms with Crippen LogP contribution in [0.3, 0.4) is 0 Å². The molecular formula is C19H19BrF6O4. The van der Waals surface area contributed by atoms with Crippen LogP contribution in [-0.4, -0.2) is 43.0 Å². The van der Waals surface area contributed by atoms with Crippen molar-refractivity contribution >= 4 is 28.5 Å². The number of rotatable bonds is 6. The molecule has 0 fully saturated rings. The first-order chi connectivity index (χ1) is 13.7. The summed E-state index contributed by atoms with van der Waals surface area (Å²) in [6.45, 7) is -1.29. The van der Waals surface area contributed by atoms with Crippen LogP contribution in [0.15, 0.2) is 24.3 Å². The smallest absolute Gasteiger partial charge is 0.155 e.